The Morgan fingerprint density at radius 2 is 1.79 bits per heavy atom. The van der Waals surface area contributed by atoms with Crippen molar-refractivity contribution in [2.45, 2.75) is 43.9 Å². The fourth-order valence-corrected chi connectivity index (χ4v) is 3.94. The number of benzene rings is 2. The summed E-state index contributed by atoms with van der Waals surface area (Å²) < 4.78 is 6.19. The van der Waals surface area contributed by atoms with Gasteiger partial charge in [0.25, 0.3) is 0 Å². The van der Waals surface area contributed by atoms with Crippen LogP contribution in [0.3, 0.4) is 0 Å². The number of hydrogen-bond donors (Lipinski definition) is 1. The summed E-state index contributed by atoms with van der Waals surface area (Å²) in [4.78, 5) is 4.45. The quantitative estimate of drug-likeness (QED) is 0.560. The van der Waals surface area contributed by atoms with Crippen molar-refractivity contribution in [3.05, 3.63) is 83.1 Å². The average Bonchev–Trinajstić information content (AvgIpc) is 3.65. The molecule has 0 unspecified atom stereocenters. The molecule has 2 aliphatic rings. The summed E-state index contributed by atoms with van der Waals surface area (Å²) in [7, 11) is 0. The van der Waals surface area contributed by atoms with E-state index in [1.807, 2.05) is 36.7 Å². The first-order chi connectivity index (χ1) is 13.8. The van der Waals surface area contributed by atoms with Gasteiger partial charge in [-0.15, -0.1) is 0 Å². The van der Waals surface area contributed by atoms with Crippen molar-refractivity contribution in [2.24, 2.45) is 0 Å². The van der Waals surface area contributed by atoms with E-state index in [1.54, 1.807) is 0 Å². The number of halogens is 1. The SMILES string of the molecule is Clc1ccccc1CNC1(c2cnccc2-c2ccccc2OC2CC2)CC1. The first-order valence-corrected chi connectivity index (χ1v) is 10.3. The van der Waals surface area contributed by atoms with Gasteiger partial charge in [-0.2, -0.15) is 0 Å². The van der Waals surface area contributed by atoms with Gasteiger partial charge in [-0.05, 0) is 60.6 Å². The first-order valence-electron chi connectivity index (χ1n) is 9.94. The summed E-state index contributed by atoms with van der Waals surface area (Å²) >= 11 is 6.35. The minimum atomic E-state index is -0.0462. The Kier molecular flexibility index (Phi) is 4.58. The molecule has 0 radical (unpaired) electrons. The van der Waals surface area contributed by atoms with E-state index in [2.05, 4.69) is 40.6 Å². The van der Waals surface area contributed by atoms with E-state index in [0.29, 0.717) is 6.10 Å². The van der Waals surface area contributed by atoms with Gasteiger partial charge in [0.1, 0.15) is 5.75 Å². The smallest absolute Gasteiger partial charge is 0.127 e. The van der Waals surface area contributed by atoms with Crippen molar-refractivity contribution >= 4 is 11.6 Å². The number of para-hydroxylation sites is 1. The molecule has 5 rings (SSSR count). The number of rotatable bonds is 7. The number of nitrogens with one attached hydrogen (secondary N) is 1. The topological polar surface area (TPSA) is 34.2 Å². The van der Waals surface area contributed by atoms with Crippen molar-refractivity contribution in [1.82, 2.24) is 10.3 Å². The molecule has 2 saturated carbocycles. The lowest BCUT2D eigenvalue weighted by atomic mass is 9.94. The second-order valence-corrected chi connectivity index (χ2v) is 8.17. The summed E-state index contributed by atoms with van der Waals surface area (Å²) in [5, 5.41) is 4.57. The van der Waals surface area contributed by atoms with Gasteiger partial charge >= 0.3 is 0 Å². The van der Waals surface area contributed by atoms with Crippen molar-refractivity contribution in [3.63, 3.8) is 0 Å². The maximum absolute atomic E-state index is 6.35. The molecule has 0 saturated heterocycles. The third-order valence-electron chi connectivity index (χ3n) is 5.66. The molecule has 0 bridgehead atoms. The first kappa shape index (κ1) is 17.7. The second-order valence-electron chi connectivity index (χ2n) is 7.76. The van der Waals surface area contributed by atoms with Crippen LogP contribution in [0.4, 0.5) is 0 Å². The van der Waals surface area contributed by atoms with Crippen LogP contribution in [0.1, 0.15) is 36.8 Å². The molecule has 142 valence electrons. The number of nitrogens with zero attached hydrogens (tertiary/aromatic N) is 1. The van der Waals surface area contributed by atoms with Crippen LogP contribution < -0.4 is 10.1 Å². The van der Waals surface area contributed by atoms with Crippen LogP contribution in [0.2, 0.25) is 5.02 Å². The Bertz CT molecular complexity index is 995. The van der Waals surface area contributed by atoms with E-state index in [4.69, 9.17) is 16.3 Å². The second kappa shape index (κ2) is 7.23. The van der Waals surface area contributed by atoms with Crippen LogP contribution >= 0.6 is 11.6 Å². The zero-order valence-corrected chi connectivity index (χ0v) is 16.5. The fourth-order valence-electron chi connectivity index (χ4n) is 3.74. The number of ether oxygens (including phenoxy) is 1. The van der Waals surface area contributed by atoms with Gasteiger partial charge in [-0.3, -0.25) is 4.98 Å². The minimum Gasteiger partial charge on any atom is -0.490 e. The molecule has 4 heteroatoms. The maximum atomic E-state index is 6.35. The summed E-state index contributed by atoms with van der Waals surface area (Å²) in [6, 6.07) is 18.5. The van der Waals surface area contributed by atoms with Gasteiger partial charge in [0.2, 0.25) is 0 Å². The van der Waals surface area contributed by atoms with Crippen LogP contribution in [-0.4, -0.2) is 11.1 Å². The van der Waals surface area contributed by atoms with Gasteiger partial charge < -0.3 is 10.1 Å². The normalized spacial score (nSPS) is 17.3. The Morgan fingerprint density at radius 1 is 1.00 bits per heavy atom. The van der Waals surface area contributed by atoms with Crippen LogP contribution in [-0.2, 0) is 12.1 Å². The molecule has 1 N–H and O–H groups in total. The third-order valence-corrected chi connectivity index (χ3v) is 6.03. The average molecular weight is 391 g/mol. The van der Waals surface area contributed by atoms with Crippen LogP contribution in [0, 0.1) is 0 Å². The van der Waals surface area contributed by atoms with E-state index < -0.39 is 0 Å². The zero-order chi connectivity index (χ0) is 19.0. The van der Waals surface area contributed by atoms with Crippen LogP contribution in [0.15, 0.2) is 67.0 Å². The lowest BCUT2D eigenvalue weighted by molar-refractivity contribution is 0.304. The third kappa shape index (κ3) is 3.52. The molecule has 1 heterocycles. The van der Waals surface area contributed by atoms with E-state index in [1.165, 1.54) is 11.1 Å². The van der Waals surface area contributed by atoms with Crippen molar-refractivity contribution in [2.75, 3.05) is 0 Å². The Hall–Kier alpha value is -2.36. The predicted molar refractivity (Wildman–Crippen MR) is 113 cm³/mol. The molecule has 0 aliphatic heterocycles. The lowest BCUT2D eigenvalue weighted by Gasteiger charge is -2.22. The van der Waals surface area contributed by atoms with Crippen LogP contribution in [0.5, 0.6) is 5.75 Å². The largest absolute Gasteiger partial charge is 0.490 e. The summed E-state index contributed by atoms with van der Waals surface area (Å²) in [6.45, 7) is 0.744. The monoisotopic (exact) mass is 390 g/mol. The highest BCUT2D eigenvalue weighted by atomic mass is 35.5. The molecule has 0 atom stereocenters. The molecule has 1 aromatic heterocycles. The van der Waals surface area contributed by atoms with Gasteiger partial charge in [-0.1, -0.05) is 48.0 Å². The highest BCUT2D eigenvalue weighted by Gasteiger charge is 2.45. The molecule has 3 nitrogen and oxygen atoms in total. The Labute approximate surface area is 170 Å². The predicted octanol–water partition coefficient (Wildman–Crippen LogP) is 5.72. The lowest BCUT2D eigenvalue weighted by Crippen LogP contribution is -2.29. The zero-order valence-electron chi connectivity index (χ0n) is 15.7. The molecule has 2 aliphatic carbocycles. The molecule has 2 fully saturated rings. The maximum Gasteiger partial charge on any atom is 0.127 e. The van der Waals surface area contributed by atoms with Gasteiger partial charge in [-0.25, -0.2) is 0 Å². The van der Waals surface area contributed by atoms with E-state index >= 15 is 0 Å². The van der Waals surface area contributed by atoms with Crippen molar-refractivity contribution in [1.29, 1.82) is 0 Å². The fraction of sp³-hybridized carbons (Fsp3) is 0.292. The molecule has 28 heavy (non-hydrogen) atoms. The Balaban J connectivity index is 1.46. The molecular formula is C24H23ClN2O. The van der Waals surface area contributed by atoms with E-state index in [9.17, 15) is 0 Å². The van der Waals surface area contributed by atoms with Gasteiger partial charge in [0, 0.05) is 35.1 Å². The number of hydrogen-bond acceptors (Lipinski definition) is 3. The minimum absolute atomic E-state index is 0.0462. The molecule has 0 amide bonds. The summed E-state index contributed by atoms with van der Waals surface area (Å²) in [5.41, 5.74) is 4.68. The van der Waals surface area contributed by atoms with E-state index in [-0.39, 0.29) is 5.54 Å². The van der Waals surface area contributed by atoms with Crippen LogP contribution in [0.25, 0.3) is 11.1 Å². The van der Waals surface area contributed by atoms with E-state index in [0.717, 1.165) is 54.1 Å². The highest BCUT2D eigenvalue weighted by Crippen LogP contribution is 2.50. The molecular weight excluding hydrogens is 368 g/mol. The van der Waals surface area contributed by atoms with Gasteiger partial charge in [0.05, 0.1) is 6.10 Å². The summed E-state index contributed by atoms with van der Waals surface area (Å²) in [5.74, 6) is 0.972. The molecule has 0 spiro atoms. The Morgan fingerprint density at radius 3 is 2.57 bits per heavy atom. The summed E-state index contributed by atoms with van der Waals surface area (Å²) in [6.07, 6.45) is 8.76. The molecule has 3 aromatic rings. The van der Waals surface area contributed by atoms with Gasteiger partial charge in [0.15, 0.2) is 0 Å². The van der Waals surface area contributed by atoms with Crippen molar-refractivity contribution in [3.8, 4) is 16.9 Å². The number of pyridine rings is 1. The van der Waals surface area contributed by atoms with Crippen molar-refractivity contribution < 1.29 is 4.74 Å². The number of aromatic nitrogens is 1. The standard InChI is InChI=1S/C24H23ClN2O/c25-22-7-3-1-5-17(22)15-27-24(12-13-24)21-16-26-14-11-19(21)20-6-2-4-8-23(20)28-18-9-10-18/h1-8,11,14,16,18,27H,9-10,12-13,15H2. The highest BCUT2D eigenvalue weighted by molar-refractivity contribution is 6.31. The molecule has 2 aromatic carbocycles.